The Morgan fingerprint density at radius 2 is 2.00 bits per heavy atom. The number of carbonyl (C=O) groups excluding carboxylic acids is 2. The molecule has 1 heterocycles. The van der Waals surface area contributed by atoms with E-state index in [1.54, 1.807) is 0 Å². The van der Waals surface area contributed by atoms with Crippen molar-refractivity contribution >= 4 is 11.8 Å². The fraction of sp³-hybridized carbons (Fsp3) is 0.875. The highest BCUT2D eigenvalue weighted by Crippen LogP contribution is 2.38. The standard InChI is InChI=1S/C16H28N2O3/c1-4-7-13-14(19)18(10-11-21-12(2)3)16(15(20)17-13)8-5-6-9-16/h12-13H,4-11H2,1-3H3,(H,17,20). The molecule has 1 saturated heterocycles. The number of carbonyl (C=O) groups is 2. The van der Waals surface area contributed by atoms with Crippen LogP contribution in [-0.2, 0) is 14.3 Å². The van der Waals surface area contributed by atoms with Crippen LogP contribution in [0.1, 0.15) is 59.3 Å². The van der Waals surface area contributed by atoms with Gasteiger partial charge in [0.15, 0.2) is 0 Å². The Morgan fingerprint density at radius 1 is 1.33 bits per heavy atom. The summed E-state index contributed by atoms with van der Waals surface area (Å²) in [6.45, 7) is 7.01. The van der Waals surface area contributed by atoms with E-state index in [1.165, 1.54) is 0 Å². The van der Waals surface area contributed by atoms with Crippen molar-refractivity contribution in [1.29, 1.82) is 0 Å². The number of nitrogens with zero attached hydrogens (tertiary/aromatic N) is 1. The lowest BCUT2D eigenvalue weighted by molar-refractivity contribution is -0.158. The van der Waals surface area contributed by atoms with Crippen LogP contribution in [0.3, 0.4) is 0 Å². The number of hydrogen-bond donors (Lipinski definition) is 1. The summed E-state index contributed by atoms with van der Waals surface area (Å²) in [7, 11) is 0. The van der Waals surface area contributed by atoms with E-state index in [2.05, 4.69) is 5.32 Å². The van der Waals surface area contributed by atoms with Gasteiger partial charge in [-0.15, -0.1) is 0 Å². The Labute approximate surface area is 127 Å². The fourth-order valence-electron chi connectivity index (χ4n) is 3.52. The average Bonchev–Trinajstić information content (AvgIpc) is 2.91. The van der Waals surface area contributed by atoms with Gasteiger partial charge in [-0.05, 0) is 33.1 Å². The molecule has 1 aliphatic carbocycles. The first-order chi connectivity index (χ1) is 10.0. The van der Waals surface area contributed by atoms with Gasteiger partial charge in [-0.25, -0.2) is 0 Å². The Hall–Kier alpha value is -1.10. The molecule has 5 nitrogen and oxygen atoms in total. The second kappa shape index (κ2) is 6.77. The second-order valence-electron chi connectivity index (χ2n) is 6.46. The third-order valence-corrected chi connectivity index (χ3v) is 4.58. The SMILES string of the molecule is CCCC1NC(=O)C2(CCCC2)N(CCOC(C)C)C1=O. The first kappa shape index (κ1) is 16.3. The number of hydrogen-bond acceptors (Lipinski definition) is 3. The van der Waals surface area contributed by atoms with Crippen molar-refractivity contribution in [3.8, 4) is 0 Å². The molecule has 0 aromatic heterocycles. The molecule has 1 atom stereocenters. The molecular weight excluding hydrogens is 268 g/mol. The zero-order chi connectivity index (χ0) is 15.5. The summed E-state index contributed by atoms with van der Waals surface area (Å²) in [5.74, 6) is 0.119. The average molecular weight is 296 g/mol. The minimum atomic E-state index is -0.609. The topological polar surface area (TPSA) is 58.6 Å². The Kier molecular flexibility index (Phi) is 5.25. The van der Waals surface area contributed by atoms with Crippen molar-refractivity contribution in [3.63, 3.8) is 0 Å². The van der Waals surface area contributed by atoms with E-state index in [0.717, 1.165) is 32.1 Å². The number of nitrogens with one attached hydrogen (secondary N) is 1. The van der Waals surface area contributed by atoms with Crippen LogP contribution in [0.5, 0.6) is 0 Å². The van der Waals surface area contributed by atoms with Crippen LogP contribution < -0.4 is 5.32 Å². The Balaban J connectivity index is 2.14. The van der Waals surface area contributed by atoms with Crippen molar-refractivity contribution in [1.82, 2.24) is 10.2 Å². The van der Waals surface area contributed by atoms with Gasteiger partial charge in [0.1, 0.15) is 11.6 Å². The smallest absolute Gasteiger partial charge is 0.246 e. The number of ether oxygens (including phenoxy) is 1. The molecule has 1 aliphatic heterocycles. The van der Waals surface area contributed by atoms with E-state index in [4.69, 9.17) is 4.74 Å². The van der Waals surface area contributed by atoms with Gasteiger partial charge in [-0.3, -0.25) is 9.59 Å². The predicted molar refractivity (Wildman–Crippen MR) is 80.8 cm³/mol. The zero-order valence-electron chi connectivity index (χ0n) is 13.5. The normalized spacial score (nSPS) is 25.0. The van der Waals surface area contributed by atoms with E-state index in [-0.39, 0.29) is 24.0 Å². The molecule has 1 N–H and O–H groups in total. The lowest BCUT2D eigenvalue weighted by Crippen LogP contribution is -2.70. The zero-order valence-corrected chi connectivity index (χ0v) is 13.5. The molecule has 1 unspecified atom stereocenters. The van der Waals surface area contributed by atoms with E-state index in [0.29, 0.717) is 19.6 Å². The van der Waals surface area contributed by atoms with Gasteiger partial charge in [-0.1, -0.05) is 26.2 Å². The monoisotopic (exact) mass is 296 g/mol. The first-order valence-corrected chi connectivity index (χ1v) is 8.25. The van der Waals surface area contributed by atoms with E-state index < -0.39 is 5.54 Å². The maximum Gasteiger partial charge on any atom is 0.246 e. The molecular formula is C16H28N2O3. The van der Waals surface area contributed by atoms with E-state index in [1.807, 2.05) is 25.7 Å². The van der Waals surface area contributed by atoms with Crippen molar-refractivity contribution in [3.05, 3.63) is 0 Å². The third-order valence-electron chi connectivity index (χ3n) is 4.58. The highest BCUT2D eigenvalue weighted by atomic mass is 16.5. The maximum absolute atomic E-state index is 12.8. The van der Waals surface area contributed by atoms with Crippen molar-refractivity contribution in [2.45, 2.75) is 77.0 Å². The molecule has 0 aromatic carbocycles. The van der Waals surface area contributed by atoms with Gasteiger partial charge in [-0.2, -0.15) is 0 Å². The van der Waals surface area contributed by atoms with Crippen LogP contribution in [0, 0.1) is 0 Å². The summed E-state index contributed by atoms with van der Waals surface area (Å²) in [5, 5.41) is 2.96. The highest BCUT2D eigenvalue weighted by molar-refractivity contribution is 6.00. The van der Waals surface area contributed by atoms with Gasteiger partial charge >= 0.3 is 0 Å². The highest BCUT2D eigenvalue weighted by Gasteiger charge is 2.53. The third kappa shape index (κ3) is 3.23. The van der Waals surface area contributed by atoms with Gasteiger partial charge < -0.3 is 15.0 Å². The number of amides is 2. The lowest BCUT2D eigenvalue weighted by atomic mass is 9.88. The van der Waals surface area contributed by atoms with Gasteiger partial charge in [0.2, 0.25) is 11.8 Å². The summed E-state index contributed by atoms with van der Waals surface area (Å²) >= 11 is 0. The molecule has 1 saturated carbocycles. The van der Waals surface area contributed by atoms with Crippen LogP contribution in [-0.4, -0.2) is 47.6 Å². The van der Waals surface area contributed by atoms with Crippen molar-refractivity contribution in [2.75, 3.05) is 13.2 Å². The Morgan fingerprint density at radius 3 is 2.57 bits per heavy atom. The maximum atomic E-state index is 12.8. The number of rotatable bonds is 6. The summed E-state index contributed by atoms with van der Waals surface area (Å²) < 4.78 is 5.60. The van der Waals surface area contributed by atoms with Gasteiger partial charge in [0.25, 0.3) is 0 Å². The number of piperazine rings is 1. The van der Waals surface area contributed by atoms with Crippen molar-refractivity contribution in [2.24, 2.45) is 0 Å². The largest absolute Gasteiger partial charge is 0.377 e. The molecule has 0 bridgehead atoms. The summed E-state index contributed by atoms with van der Waals surface area (Å²) in [6.07, 6.45) is 5.34. The molecule has 0 radical (unpaired) electrons. The van der Waals surface area contributed by atoms with Crippen LogP contribution in [0.15, 0.2) is 0 Å². The van der Waals surface area contributed by atoms with Gasteiger partial charge in [0.05, 0.1) is 12.7 Å². The van der Waals surface area contributed by atoms with Gasteiger partial charge in [0, 0.05) is 6.54 Å². The van der Waals surface area contributed by atoms with E-state index >= 15 is 0 Å². The van der Waals surface area contributed by atoms with Crippen molar-refractivity contribution < 1.29 is 14.3 Å². The first-order valence-electron chi connectivity index (χ1n) is 8.25. The van der Waals surface area contributed by atoms with Crippen LogP contribution in [0.25, 0.3) is 0 Å². The minimum absolute atomic E-state index is 0.0441. The second-order valence-corrected chi connectivity index (χ2v) is 6.46. The minimum Gasteiger partial charge on any atom is -0.377 e. The predicted octanol–water partition coefficient (Wildman–Crippen LogP) is 1.85. The summed E-state index contributed by atoms with van der Waals surface area (Å²) in [6, 6.07) is -0.354. The molecule has 0 aromatic rings. The molecule has 120 valence electrons. The molecule has 2 aliphatic rings. The molecule has 5 heteroatoms. The summed E-state index contributed by atoms with van der Waals surface area (Å²) in [4.78, 5) is 27.2. The summed E-state index contributed by atoms with van der Waals surface area (Å²) in [5.41, 5.74) is -0.609. The lowest BCUT2D eigenvalue weighted by Gasteiger charge is -2.46. The van der Waals surface area contributed by atoms with Crippen LogP contribution >= 0.6 is 0 Å². The molecule has 2 fully saturated rings. The quantitative estimate of drug-likeness (QED) is 0.814. The van der Waals surface area contributed by atoms with E-state index in [9.17, 15) is 9.59 Å². The Bertz CT molecular complexity index is 389. The molecule has 2 amide bonds. The fourth-order valence-corrected chi connectivity index (χ4v) is 3.52. The van der Waals surface area contributed by atoms with Crippen LogP contribution in [0.4, 0.5) is 0 Å². The molecule has 2 rings (SSSR count). The molecule has 21 heavy (non-hydrogen) atoms. The molecule has 1 spiro atoms. The van der Waals surface area contributed by atoms with Crippen LogP contribution in [0.2, 0.25) is 0 Å².